The number of anilines is 1. The van der Waals surface area contributed by atoms with E-state index in [2.05, 4.69) is 10.3 Å². The second-order valence-corrected chi connectivity index (χ2v) is 9.92. The zero-order chi connectivity index (χ0) is 19.7. The number of thiazole rings is 1. The number of carbonyl (C=O) groups is 1. The Kier molecular flexibility index (Phi) is 5.37. The van der Waals surface area contributed by atoms with Crippen LogP contribution in [-0.4, -0.2) is 36.7 Å². The van der Waals surface area contributed by atoms with Gasteiger partial charge in [-0.2, -0.15) is 4.31 Å². The molecule has 9 heteroatoms. The summed E-state index contributed by atoms with van der Waals surface area (Å²) in [7, 11) is -3.51. The van der Waals surface area contributed by atoms with E-state index in [9.17, 15) is 13.2 Å². The third kappa shape index (κ3) is 3.77. The number of hydrogen-bond donors (Lipinski definition) is 1. The highest BCUT2D eigenvalue weighted by atomic mass is 35.5. The molecule has 0 atom stereocenters. The number of rotatable bonds is 4. The monoisotopic (exact) mass is 435 g/mol. The van der Waals surface area contributed by atoms with Gasteiger partial charge in [0.15, 0.2) is 5.13 Å². The number of benzene rings is 2. The summed E-state index contributed by atoms with van der Waals surface area (Å²) in [5.41, 5.74) is 1.01. The van der Waals surface area contributed by atoms with Gasteiger partial charge in [-0.3, -0.25) is 10.1 Å². The first-order chi connectivity index (χ1) is 13.4. The topological polar surface area (TPSA) is 79.4 Å². The second kappa shape index (κ2) is 7.79. The van der Waals surface area contributed by atoms with Crippen LogP contribution in [0.15, 0.2) is 47.4 Å². The molecule has 1 aliphatic heterocycles. The maximum absolute atomic E-state index is 12.7. The Labute approximate surface area is 172 Å². The molecule has 1 aliphatic rings. The minimum atomic E-state index is -3.51. The predicted molar refractivity (Wildman–Crippen MR) is 112 cm³/mol. The number of carbonyl (C=O) groups excluding carboxylic acids is 1. The molecule has 2 heterocycles. The molecule has 0 saturated carbocycles. The molecule has 0 aliphatic carbocycles. The van der Waals surface area contributed by atoms with Crippen LogP contribution in [-0.2, 0) is 10.0 Å². The summed E-state index contributed by atoms with van der Waals surface area (Å²) in [6.07, 6.45) is 2.82. The zero-order valence-electron chi connectivity index (χ0n) is 14.9. The number of amides is 1. The van der Waals surface area contributed by atoms with Crippen molar-refractivity contribution >= 4 is 54.2 Å². The minimum absolute atomic E-state index is 0.206. The third-order valence-electron chi connectivity index (χ3n) is 4.66. The summed E-state index contributed by atoms with van der Waals surface area (Å²) in [5, 5.41) is 3.72. The van der Waals surface area contributed by atoms with Crippen molar-refractivity contribution in [2.45, 2.75) is 24.2 Å². The van der Waals surface area contributed by atoms with Gasteiger partial charge >= 0.3 is 0 Å². The maximum Gasteiger partial charge on any atom is 0.257 e. The number of sulfonamides is 1. The smallest absolute Gasteiger partial charge is 0.257 e. The predicted octanol–water partition coefficient (Wildman–Crippen LogP) is 4.38. The van der Waals surface area contributed by atoms with Crippen molar-refractivity contribution in [3.63, 3.8) is 0 Å². The van der Waals surface area contributed by atoms with Gasteiger partial charge in [0.05, 0.1) is 14.6 Å². The number of piperidine rings is 1. The van der Waals surface area contributed by atoms with E-state index in [1.807, 2.05) is 12.1 Å². The molecule has 4 rings (SSSR count). The first-order valence-corrected chi connectivity index (χ1v) is 11.6. The lowest BCUT2D eigenvalue weighted by Gasteiger charge is -2.25. The molecule has 28 heavy (non-hydrogen) atoms. The van der Waals surface area contributed by atoms with Crippen molar-refractivity contribution in [3.8, 4) is 0 Å². The fourth-order valence-corrected chi connectivity index (χ4v) is 5.85. The van der Waals surface area contributed by atoms with E-state index in [0.29, 0.717) is 34.3 Å². The van der Waals surface area contributed by atoms with E-state index >= 15 is 0 Å². The van der Waals surface area contributed by atoms with Crippen molar-refractivity contribution in [2.75, 3.05) is 18.4 Å². The van der Waals surface area contributed by atoms with Crippen LogP contribution < -0.4 is 5.32 Å². The molecule has 6 nitrogen and oxygen atoms in total. The van der Waals surface area contributed by atoms with E-state index < -0.39 is 10.0 Å². The number of fused-ring (bicyclic) bond motifs is 1. The second-order valence-electron chi connectivity index (χ2n) is 6.55. The normalized spacial score (nSPS) is 15.6. The van der Waals surface area contributed by atoms with Gasteiger partial charge in [-0.15, -0.1) is 0 Å². The lowest BCUT2D eigenvalue weighted by Crippen LogP contribution is -2.35. The standard InChI is InChI=1S/C19H18ClN3O3S2/c20-15-5-4-6-16-17(15)21-19(27-16)22-18(24)13-7-9-14(10-8-13)28(25,26)23-11-2-1-3-12-23/h4-10H,1-3,11-12H2,(H,21,22,24). The highest BCUT2D eigenvalue weighted by Crippen LogP contribution is 2.31. The third-order valence-corrected chi connectivity index (χ3v) is 7.81. The van der Waals surface area contributed by atoms with Gasteiger partial charge in [-0.1, -0.05) is 35.4 Å². The van der Waals surface area contributed by atoms with Crippen LogP contribution in [0.1, 0.15) is 29.6 Å². The summed E-state index contributed by atoms with van der Waals surface area (Å²) in [6, 6.07) is 11.5. The number of nitrogens with one attached hydrogen (secondary N) is 1. The Morgan fingerprint density at radius 3 is 2.46 bits per heavy atom. The van der Waals surface area contributed by atoms with Crippen LogP contribution in [0.3, 0.4) is 0 Å². The number of para-hydroxylation sites is 1. The Morgan fingerprint density at radius 1 is 1.07 bits per heavy atom. The molecule has 0 unspecified atom stereocenters. The number of aromatic nitrogens is 1. The Balaban J connectivity index is 1.51. The molecule has 1 N–H and O–H groups in total. The molecule has 1 fully saturated rings. The maximum atomic E-state index is 12.7. The van der Waals surface area contributed by atoms with Crippen molar-refractivity contribution in [1.29, 1.82) is 0 Å². The number of halogens is 1. The fourth-order valence-electron chi connectivity index (χ4n) is 3.17. The Morgan fingerprint density at radius 2 is 1.79 bits per heavy atom. The van der Waals surface area contributed by atoms with Gasteiger partial charge in [-0.25, -0.2) is 13.4 Å². The molecular formula is C19H18ClN3O3S2. The van der Waals surface area contributed by atoms with Crippen LogP contribution in [0.2, 0.25) is 5.02 Å². The summed E-state index contributed by atoms with van der Waals surface area (Å²) < 4.78 is 27.8. The molecule has 0 spiro atoms. The van der Waals surface area contributed by atoms with E-state index in [4.69, 9.17) is 11.6 Å². The summed E-state index contributed by atoms with van der Waals surface area (Å²) in [5.74, 6) is -0.350. The van der Waals surface area contributed by atoms with Crippen molar-refractivity contribution in [1.82, 2.24) is 9.29 Å². The number of nitrogens with zero attached hydrogens (tertiary/aromatic N) is 2. The van der Waals surface area contributed by atoms with Crippen molar-refractivity contribution < 1.29 is 13.2 Å². The van der Waals surface area contributed by atoms with Crippen LogP contribution in [0.5, 0.6) is 0 Å². The molecular weight excluding hydrogens is 418 g/mol. The Bertz CT molecular complexity index is 1120. The first kappa shape index (κ1) is 19.3. The average Bonchev–Trinajstić information content (AvgIpc) is 3.12. The highest BCUT2D eigenvalue weighted by Gasteiger charge is 2.26. The molecule has 0 bridgehead atoms. The van der Waals surface area contributed by atoms with E-state index in [1.165, 1.54) is 39.9 Å². The van der Waals surface area contributed by atoms with Gasteiger partial charge in [0.1, 0.15) is 5.52 Å². The van der Waals surface area contributed by atoms with Crippen molar-refractivity contribution in [3.05, 3.63) is 53.1 Å². The molecule has 3 aromatic rings. The van der Waals surface area contributed by atoms with Gasteiger partial charge in [0.25, 0.3) is 5.91 Å². The minimum Gasteiger partial charge on any atom is -0.298 e. The van der Waals surface area contributed by atoms with Crippen LogP contribution >= 0.6 is 22.9 Å². The van der Waals surface area contributed by atoms with E-state index in [-0.39, 0.29) is 10.8 Å². The molecule has 2 aromatic carbocycles. The molecule has 1 aromatic heterocycles. The molecule has 1 saturated heterocycles. The van der Waals surface area contributed by atoms with Crippen LogP contribution in [0.4, 0.5) is 5.13 Å². The summed E-state index contributed by atoms with van der Waals surface area (Å²) >= 11 is 7.45. The lowest BCUT2D eigenvalue weighted by molar-refractivity contribution is 0.102. The summed E-state index contributed by atoms with van der Waals surface area (Å²) in [4.78, 5) is 17.1. The highest BCUT2D eigenvalue weighted by molar-refractivity contribution is 7.89. The van der Waals surface area contributed by atoms with E-state index in [0.717, 1.165) is 24.0 Å². The lowest BCUT2D eigenvalue weighted by atomic mass is 10.2. The fraction of sp³-hybridized carbons (Fsp3) is 0.263. The molecule has 1 amide bonds. The Hall–Kier alpha value is -2.00. The zero-order valence-corrected chi connectivity index (χ0v) is 17.3. The SMILES string of the molecule is O=C(Nc1nc2c(Cl)cccc2s1)c1ccc(S(=O)(=O)N2CCCCC2)cc1. The van der Waals surface area contributed by atoms with Gasteiger partial charge in [0.2, 0.25) is 10.0 Å². The number of hydrogen-bond acceptors (Lipinski definition) is 5. The van der Waals surface area contributed by atoms with Crippen molar-refractivity contribution in [2.24, 2.45) is 0 Å². The first-order valence-electron chi connectivity index (χ1n) is 8.92. The van der Waals surface area contributed by atoms with Gasteiger partial charge in [0, 0.05) is 18.7 Å². The van der Waals surface area contributed by atoms with Crippen LogP contribution in [0, 0.1) is 0 Å². The van der Waals surface area contributed by atoms with E-state index in [1.54, 1.807) is 6.07 Å². The van der Waals surface area contributed by atoms with Gasteiger partial charge < -0.3 is 0 Å². The molecule has 146 valence electrons. The average molecular weight is 436 g/mol. The summed E-state index contributed by atoms with van der Waals surface area (Å²) in [6.45, 7) is 1.09. The largest absolute Gasteiger partial charge is 0.298 e. The molecule has 0 radical (unpaired) electrons. The van der Waals surface area contributed by atoms with Crippen LogP contribution in [0.25, 0.3) is 10.2 Å². The quantitative estimate of drug-likeness (QED) is 0.659. The van der Waals surface area contributed by atoms with Gasteiger partial charge in [-0.05, 0) is 49.2 Å².